The summed E-state index contributed by atoms with van der Waals surface area (Å²) in [6.07, 6.45) is 2.34. The molecule has 1 saturated heterocycles. The fourth-order valence-electron chi connectivity index (χ4n) is 3.65. The lowest BCUT2D eigenvalue weighted by molar-refractivity contribution is -0.186. The number of esters is 2. The third-order valence-corrected chi connectivity index (χ3v) is 4.97. The standard InChI is InChI=1S/C20H28O7/c1-11(2)5-16(22)26-15-7-14-13(8-21)9-24-19(18(14)20(15)10-25-20)27-17(23)6-12(3)4/h7,9,11-12,15,18-19,21H,5-6,8,10H2,1-4H3/t15-,18+,19-,20+/m0/s1. The molecule has 1 spiro atoms. The fourth-order valence-corrected chi connectivity index (χ4v) is 3.65. The number of carbonyl (C=O) groups excluding carboxylic acids is 2. The molecule has 2 heterocycles. The molecule has 150 valence electrons. The third-order valence-electron chi connectivity index (χ3n) is 4.97. The van der Waals surface area contributed by atoms with Crippen LogP contribution in [0, 0.1) is 17.8 Å². The molecular formula is C20H28O7. The van der Waals surface area contributed by atoms with Crippen molar-refractivity contribution in [2.75, 3.05) is 13.2 Å². The average Bonchev–Trinajstić information content (AvgIpc) is 3.27. The molecule has 0 saturated carbocycles. The summed E-state index contributed by atoms with van der Waals surface area (Å²) in [6, 6.07) is 0. The first kappa shape index (κ1) is 19.9. The molecule has 4 atom stereocenters. The van der Waals surface area contributed by atoms with Gasteiger partial charge in [-0.25, -0.2) is 0 Å². The molecule has 2 aliphatic heterocycles. The number of rotatable bonds is 7. The molecule has 27 heavy (non-hydrogen) atoms. The molecule has 0 aromatic rings. The van der Waals surface area contributed by atoms with Crippen molar-refractivity contribution < 1.29 is 33.6 Å². The van der Waals surface area contributed by atoms with Crippen LogP contribution in [-0.4, -0.2) is 48.3 Å². The molecule has 0 unspecified atom stereocenters. The molecular weight excluding hydrogens is 352 g/mol. The maximum absolute atomic E-state index is 12.2. The molecule has 3 aliphatic rings. The van der Waals surface area contributed by atoms with Gasteiger partial charge in [0.15, 0.2) is 6.10 Å². The molecule has 0 aromatic heterocycles. The van der Waals surface area contributed by atoms with Gasteiger partial charge in [-0.05, 0) is 23.5 Å². The Bertz CT molecular complexity index is 657. The second kappa shape index (κ2) is 7.64. The predicted octanol–water partition coefficient (Wildman–Crippen LogP) is 2.09. The minimum absolute atomic E-state index is 0.166. The predicted molar refractivity (Wildman–Crippen MR) is 95.2 cm³/mol. The van der Waals surface area contributed by atoms with E-state index in [1.54, 1.807) is 6.08 Å². The summed E-state index contributed by atoms with van der Waals surface area (Å²) in [7, 11) is 0. The van der Waals surface area contributed by atoms with E-state index in [0.717, 1.165) is 5.57 Å². The zero-order chi connectivity index (χ0) is 19.8. The minimum Gasteiger partial charge on any atom is -0.461 e. The van der Waals surface area contributed by atoms with Crippen LogP contribution in [-0.2, 0) is 28.5 Å². The minimum atomic E-state index is -0.867. The van der Waals surface area contributed by atoms with Crippen molar-refractivity contribution in [1.29, 1.82) is 0 Å². The zero-order valence-electron chi connectivity index (χ0n) is 16.3. The van der Waals surface area contributed by atoms with Gasteiger partial charge in [0.1, 0.15) is 5.60 Å². The summed E-state index contributed by atoms with van der Waals surface area (Å²) in [4.78, 5) is 24.3. The molecule has 3 rings (SSSR count). The topological polar surface area (TPSA) is 94.6 Å². The van der Waals surface area contributed by atoms with Crippen molar-refractivity contribution in [2.45, 2.75) is 58.5 Å². The smallest absolute Gasteiger partial charge is 0.309 e. The number of hydrogen-bond acceptors (Lipinski definition) is 7. The number of fused-ring (bicyclic) bond motifs is 2. The molecule has 1 fully saturated rings. The lowest BCUT2D eigenvalue weighted by Crippen LogP contribution is -2.44. The van der Waals surface area contributed by atoms with Crippen LogP contribution in [0.4, 0.5) is 0 Å². The third kappa shape index (κ3) is 4.04. The summed E-state index contributed by atoms with van der Waals surface area (Å²) < 4.78 is 22.5. The van der Waals surface area contributed by atoms with E-state index in [9.17, 15) is 14.7 Å². The maximum atomic E-state index is 12.2. The number of aliphatic hydroxyl groups is 1. The van der Waals surface area contributed by atoms with Crippen LogP contribution in [0.3, 0.4) is 0 Å². The Labute approximate surface area is 159 Å². The summed E-state index contributed by atoms with van der Waals surface area (Å²) in [5.74, 6) is -0.738. The van der Waals surface area contributed by atoms with E-state index in [0.29, 0.717) is 18.6 Å². The van der Waals surface area contributed by atoms with Crippen molar-refractivity contribution in [1.82, 2.24) is 0 Å². The first-order valence-electron chi connectivity index (χ1n) is 9.47. The van der Waals surface area contributed by atoms with Crippen LogP contribution in [0.15, 0.2) is 23.5 Å². The maximum Gasteiger partial charge on any atom is 0.309 e. The van der Waals surface area contributed by atoms with Gasteiger partial charge >= 0.3 is 11.9 Å². The quantitative estimate of drug-likeness (QED) is 0.534. The molecule has 1 aliphatic carbocycles. The number of epoxide rings is 1. The highest BCUT2D eigenvalue weighted by molar-refractivity contribution is 5.71. The Morgan fingerprint density at radius 3 is 2.30 bits per heavy atom. The first-order valence-corrected chi connectivity index (χ1v) is 9.47. The molecule has 7 heteroatoms. The van der Waals surface area contributed by atoms with Crippen molar-refractivity contribution in [3.63, 3.8) is 0 Å². The number of hydrogen-bond donors (Lipinski definition) is 1. The molecule has 0 aromatic carbocycles. The Kier molecular flexibility index (Phi) is 5.63. The molecule has 0 bridgehead atoms. The van der Waals surface area contributed by atoms with Crippen LogP contribution in [0.25, 0.3) is 0 Å². The molecule has 0 radical (unpaired) electrons. The SMILES string of the molecule is CC(C)CC(=O)O[C@@H]1OC=C(CO)C2=C[C@H](OC(=O)CC(C)C)[C@]3(CO3)[C@H]21. The van der Waals surface area contributed by atoms with Crippen LogP contribution in [0.1, 0.15) is 40.5 Å². The van der Waals surface area contributed by atoms with Crippen molar-refractivity contribution >= 4 is 11.9 Å². The fraction of sp³-hybridized carbons (Fsp3) is 0.700. The van der Waals surface area contributed by atoms with Gasteiger partial charge in [0.25, 0.3) is 6.29 Å². The van der Waals surface area contributed by atoms with Gasteiger partial charge < -0.3 is 24.1 Å². The van der Waals surface area contributed by atoms with Gasteiger partial charge in [0.05, 0.1) is 25.4 Å². The Hall–Kier alpha value is -1.86. The average molecular weight is 380 g/mol. The van der Waals surface area contributed by atoms with Crippen LogP contribution >= 0.6 is 0 Å². The summed E-state index contributed by atoms with van der Waals surface area (Å²) in [6.45, 7) is 7.91. The summed E-state index contributed by atoms with van der Waals surface area (Å²) in [5.41, 5.74) is 0.541. The lowest BCUT2D eigenvalue weighted by atomic mass is 9.85. The van der Waals surface area contributed by atoms with E-state index in [4.69, 9.17) is 18.9 Å². The van der Waals surface area contributed by atoms with Crippen molar-refractivity contribution in [2.24, 2.45) is 17.8 Å². The van der Waals surface area contributed by atoms with Gasteiger partial charge in [-0.2, -0.15) is 0 Å². The van der Waals surface area contributed by atoms with E-state index < -0.39 is 23.9 Å². The highest BCUT2D eigenvalue weighted by atomic mass is 16.7. The summed E-state index contributed by atoms with van der Waals surface area (Å²) in [5, 5.41) is 9.66. The second-order valence-electron chi connectivity index (χ2n) is 8.25. The Balaban J connectivity index is 1.80. The van der Waals surface area contributed by atoms with E-state index in [-0.39, 0.29) is 36.8 Å². The van der Waals surface area contributed by atoms with Gasteiger partial charge in [-0.15, -0.1) is 0 Å². The normalized spacial score (nSPS) is 31.3. The summed E-state index contributed by atoms with van der Waals surface area (Å²) >= 11 is 0. The molecule has 7 nitrogen and oxygen atoms in total. The number of carbonyl (C=O) groups is 2. The lowest BCUT2D eigenvalue weighted by Gasteiger charge is -2.33. The van der Waals surface area contributed by atoms with Gasteiger partial charge in [0.2, 0.25) is 0 Å². The number of ether oxygens (including phenoxy) is 4. The monoisotopic (exact) mass is 380 g/mol. The first-order chi connectivity index (χ1) is 12.8. The largest absolute Gasteiger partial charge is 0.461 e. The van der Waals surface area contributed by atoms with Gasteiger partial charge in [0, 0.05) is 18.4 Å². The van der Waals surface area contributed by atoms with Gasteiger partial charge in [-0.1, -0.05) is 27.7 Å². The van der Waals surface area contributed by atoms with E-state index in [1.807, 2.05) is 27.7 Å². The second-order valence-corrected chi connectivity index (χ2v) is 8.25. The van der Waals surface area contributed by atoms with Crippen LogP contribution in [0.2, 0.25) is 0 Å². The molecule has 1 N–H and O–H groups in total. The zero-order valence-corrected chi connectivity index (χ0v) is 16.3. The highest BCUT2D eigenvalue weighted by Crippen LogP contribution is 2.54. The van der Waals surface area contributed by atoms with Crippen molar-refractivity contribution in [3.05, 3.63) is 23.5 Å². The Morgan fingerprint density at radius 2 is 1.78 bits per heavy atom. The van der Waals surface area contributed by atoms with E-state index in [1.165, 1.54) is 6.26 Å². The molecule has 0 amide bonds. The van der Waals surface area contributed by atoms with Crippen LogP contribution < -0.4 is 0 Å². The van der Waals surface area contributed by atoms with Gasteiger partial charge in [-0.3, -0.25) is 9.59 Å². The van der Waals surface area contributed by atoms with E-state index in [2.05, 4.69) is 0 Å². The number of aliphatic hydroxyl groups excluding tert-OH is 1. The van der Waals surface area contributed by atoms with E-state index >= 15 is 0 Å². The van der Waals surface area contributed by atoms with Crippen molar-refractivity contribution in [3.8, 4) is 0 Å². The van der Waals surface area contributed by atoms with Crippen LogP contribution in [0.5, 0.6) is 0 Å². The highest BCUT2D eigenvalue weighted by Gasteiger charge is 2.67. The Morgan fingerprint density at radius 1 is 1.19 bits per heavy atom.